The van der Waals surface area contributed by atoms with Gasteiger partial charge in [0.1, 0.15) is 5.75 Å². The summed E-state index contributed by atoms with van der Waals surface area (Å²) >= 11 is 1.49. The molecule has 0 saturated heterocycles. The number of thiazole rings is 1. The molecule has 1 aromatic heterocycles. The molecule has 0 fully saturated rings. The first-order chi connectivity index (χ1) is 12.6. The Morgan fingerprint density at radius 3 is 2.69 bits per heavy atom. The molecular formula is C20H23N3O2S. The average molecular weight is 369 g/mol. The van der Waals surface area contributed by atoms with E-state index in [9.17, 15) is 4.79 Å². The molecule has 6 heteroatoms. The topological polar surface area (TPSA) is 54.5 Å². The maximum absolute atomic E-state index is 12.5. The molecule has 1 unspecified atom stereocenters. The zero-order chi connectivity index (χ0) is 18.4. The quantitative estimate of drug-likeness (QED) is 0.609. The minimum atomic E-state index is -0.237. The summed E-state index contributed by atoms with van der Waals surface area (Å²) in [6, 6.07) is 17.4. The summed E-state index contributed by atoms with van der Waals surface area (Å²) in [4.78, 5) is 18.9. The molecular weight excluding hydrogens is 346 g/mol. The fourth-order valence-corrected chi connectivity index (χ4v) is 3.42. The van der Waals surface area contributed by atoms with E-state index in [1.165, 1.54) is 11.3 Å². The number of aromatic nitrogens is 1. The summed E-state index contributed by atoms with van der Waals surface area (Å²) in [5, 5.41) is 3.57. The molecule has 0 aliphatic rings. The Morgan fingerprint density at radius 2 is 1.92 bits per heavy atom. The highest BCUT2D eigenvalue weighted by Gasteiger charge is 2.19. The molecule has 136 valence electrons. The van der Waals surface area contributed by atoms with E-state index in [2.05, 4.69) is 10.3 Å². The highest BCUT2D eigenvalue weighted by atomic mass is 32.1. The fraction of sp³-hybridized carbons (Fsp3) is 0.300. The Bertz CT molecular complexity index is 817. The van der Waals surface area contributed by atoms with Crippen LogP contribution in [0.4, 0.5) is 5.13 Å². The van der Waals surface area contributed by atoms with Crippen LogP contribution < -0.4 is 10.1 Å². The zero-order valence-electron chi connectivity index (χ0n) is 15.0. The van der Waals surface area contributed by atoms with Gasteiger partial charge in [0, 0.05) is 6.54 Å². The van der Waals surface area contributed by atoms with Crippen LogP contribution in [0.5, 0.6) is 5.75 Å². The minimum absolute atomic E-state index is 0.0458. The van der Waals surface area contributed by atoms with Gasteiger partial charge in [-0.1, -0.05) is 41.7 Å². The third kappa shape index (κ3) is 4.80. The Morgan fingerprint density at radius 1 is 1.19 bits per heavy atom. The van der Waals surface area contributed by atoms with Crippen LogP contribution in [0.1, 0.15) is 13.3 Å². The predicted octanol–water partition coefficient (Wildman–Crippen LogP) is 4.02. The Hall–Kier alpha value is -2.44. The fourth-order valence-electron chi connectivity index (χ4n) is 2.55. The monoisotopic (exact) mass is 369 g/mol. The van der Waals surface area contributed by atoms with E-state index in [0.717, 1.165) is 28.9 Å². The number of nitrogens with one attached hydrogen (secondary N) is 1. The Labute approximate surface area is 157 Å². The molecule has 1 N–H and O–H groups in total. The van der Waals surface area contributed by atoms with E-state index in [1.54, 1.807) is 0 Å². The van der Waals surface area contributed by atoms with Gasteiger partial charge in [-0.2, -0.15) is 0 Å². The molecule has 1 heterocycles. The normalized spacial score (nSPS) is 12.3. The van der Waals surface area contributed by atoms with Crippen molar-refractivity contribution in [3.8, 4) is 5.75 Å². The second-order valence-electron chi connectivity index (χ2n) is 6.15. The lowest BCUT2D eigenvalue weighted by molar-refractivity contribution is -0.120. The molecule has 0 bridgehead atoms. The van der Waals surface area contributed by atoms with Crippen LogP contribution in [-0.4, -0.2) is 42.0 Å². The Balaban J connectivity index is 1.44. The van der Waals surface area contributed by atoms with Gasteiger partial charge in [0.2, 0.25) is 5.91 Å². The third-order valence-electron chi connectivity index (χ3n) is 4.23. The maximum atomic E-state index is 12.5. The number of amides is 1. The van der Waals surface area contributed by atoms with Gasteiger partial charge in [-0.3, -0.25) is 9.69 Å². The number of ether oxygens (including phenoxy) is 1. The number of nitrogens with zero attached hydrogens (tertiary/aromatic N) is 2. The van der Waals surface area contributed by atoms with E-state index in [0.29, 0.717) is 11.7 Å². The third-order valence-corrected chi connectivity index (χ3v) is 5.18. The molecule has 1 atom stereocenters. The molecule has 2 aromatic carbocycles. The Kier molecular flexibility index (Phi) is 6.20. The summed E-state index contributed by atoms with van der Waals surface area (Å²) in [6.07, 6.45) is 0.851. The van der Waals surface area contributed by atoms with E-state index in [-0.39, 0.29) is 11.9 Å². The van der Waals surface area contributed by atoms with Gasteiger partial charge in [0.25, 0.3) is 0 Å². The lowest BCUT2D eigenvalue weighted by Crippen LogP contribution is -2.40. The van der Waals surface area contributed by atoms with Crippen LogP contribution in [0.3, 0.4) is 0 Å². The van der Waals surface area contributed by atoms with Crippen molar-refractivity contribution in [2.45, 2.75) is 19.4 Å². The van der Waals surface area contributed by atoms with Gasteiger partial charge >= 0.3 is 0 Å². The van der Waals surface area contributed by atoms with Crippen molar-refractivity contribution >= 4 is 32.6 Å². The van der Waals surface area contributed by atoms with Gasteiger partial charge in [-0.15, -0.1) is 0 Å². The first kappa shape index (κ1) is 18.4. The van der Waals surface area contributed by atoms with Crippen molar-refractivity contribution in [1.29, 1.82) is 0 Å². The molecule has 3 rings (SSSR count). The predicted molar refractivity (Wildman–Crippen MR) is 107 cm³/mol. The molecule has 0 aliphatic carbocycles. The van der Waals surface area contributed by atoms with Crippen LogP contribution in [0, 0.1) is 0 Å². The number of carbonyl (C=O) groups is 1. The average Bonchev–Trinajstić information content (AvgIpc) is 3.07. The van der Waals surface area contributed by atoms with Gasteiger partial charge in [0.15, 0.2) is 5.13 Å². The second-order valence-corrected chi connectivity index (χ2v) is 7.18. The van der Waals surface area contributed by atoms with Crippen LogP contribution >= 0.6 is 11.3 Å². The van der Waals surface area contributed by atoms with Crippen molar-refractivity contribution in [2.75, 3.05) is 25.5 Å². The van der Waals surface area contributed by atoms with Gasteiger partial charge in [0.05, 0.1) is 22.9 Å². The molecule has 0 spiro atoms. The van der Waals surface area contributed by atoms with Crippen molar-refractivity contribution in [3.05, 3.63) is 54.6 Å². The molecule has 5 nitrogen and oxygen atoms in total. The first-order valence-corrected chi connectivity index (χ1v) is 9.49. The molecule has 0 aliphatic heterocycles. The number of fused-ring (bicyclic) bond motifs is 1. The molecule has 1 amide bonds. The second kappa shape index (κ2) is 8.78. The highest BCUT2D eigenvalue weighted by Crippen LogP contribution is 2.25. The number of likely N-dealkylation sites (N-methyl/N-ethyl adjacent to an activating group) is 1. The summed E-state index contributed by atoms with van der Waals surface area (Å²) in [6.45, 7) is 3.31. The number of anilines is 1. The van der Waals surface area contributed by atoms with Crippen LogP contribution in [0.25, 0.3) is 10.2 Å². The van der Waals surface area contributed by atoms with Crippen molar-refractivity contribution in [2.24, 2.45) is 0 Å². The summed E-state index contributed by atoms with van der Waals surface area (Å²) in [7, 11) is 1.95. The van der Waals surface area contributed by atoms with E-state index < -0.39 is 0 Å². The van der Waals surface area contributed by atoms with E-state index in [1.807, 2.05) is 73.5 Å². The zero-order valence-corrected chi connectivity index (χ0v) is 15.8. The minimum Gasteiger partial charge on any atom is -0.494 e. The molecule has 26 heavy (non-hydrogen) atoms. The van der Waals surface area contributed by atoms with Crippen molar-refractivity contribution < 1.29 is 9.53 Å². The van der Waals surface area contributed by atoms with Crippen molar-refractivity contribution in [3.63, 3.8) is 0 Å². The molecule has 0 saturated carbocycles. The number of carbonyl (C=O) groups excluding carboxylic acids is 1. The van der Waals surface area contributed by atoms with Crippen LogP contribution in [0.2, 0.25) is 0 Å². The van der Waals surface area contributed by atoms with Crippen LogP contribution in [0.15, 0.2) is 54.6 Å². The van der Waals surface area contributed by atoms with Gasteiger partial charge < -0.3 is 10.1 Å². The molecule has 3 aromatic rings. The standard InChI is InChI=1S/C20H23N3O2S/c1-15(23(2)13-8-14-25-16-9-4-3-5-10-16)19(24)22-20-21-17-11-6-7-12-18(17)26-20/h3-7,9-12,15H,8,13-14H2,1-2H3,(H,21,22,24). The van der Waals surface area contributed by atoms with E-state index >= 15 is 0 Å². The number of rotatable bonds is 8. The largest absolute Gasteiger partial charge is 0.494 e. The van der Waals surface area contributed by atoms with Gasteiger partial charge in [-0.05, 0) is 44.7 Å². The number of hydrogen-bond acceptors (Lipinski definition) is 5. The first-order valence-electron chi connectivity index (χ1n) is 8.68. The smallest absolute Gasteiger partial charge is 0.243 e. The van der Waals surface area contributed by atoms with Crippen LogP contribution in [-0.2, 0) is 4.79 Å². The lowest BCUT2D eigenvalue weighted by Gasteiger charge is -2.23. The number of benzene rings is 2. The highest BCUT2D eigenvalue weighted by molar-refractivity contribution is 7.22. The molecule has 0 radical (unpaired) electrons. The van der Waals surface area contributed by atoms with E-state index in [4.69, 9.17) is 4.74 Å². The number of para-hydroxylation sites is 2. The SMILES string of the molecule is CC(C(=O)Nc1nc2ccccc2s1)N(C)CCCOc1ccccc1. The summed E-state index contributed by atoms with van der Waals surface area (Å²) in [5.41, 5.74) is 0.909. The summed E-state index contributed by atoms with van der Waals surface area (Å²) in [5.74, 6) is 0.826. The number of hydrogen-bond donors (Lipinski definition) is 1. The summed E-state index contributed by atoms with van der Waals surface area (Å²) < 4.78 is 6.76. The lowest BCUT2D eigenvalue weighted by atomic mass is 10.2. The van der Waals surface area contributed by atoms with Gasteiger partial charge in [-0.25, -0.2) is 4.98 Å². The van der Waals surface area contributed by atoms with Crippen molar-refractivity contribution in [1.82, 2.24) is 9.88 Å². The maximum Gasteiger partial charge on any atom is 0.243 e.